The van der Waals surface area contributed by atoms with Crippen molar-refractivity contribution >= 4 is 28.2 Å². The summed E-state index contributed by atoms with van der Waals surface area (Å²) in [4.78, 5) is 0. The molecule has 4 heteroatoms. The summed E-state index contributed by atoms with van der Waals surface area (Å²) in [6.07, 6.45) is 2.21. The third kappa shape index (κ3) is 26.1. The topological polar surface area (TPSA) is 23.8 Å². The predicted octanol–water partition coefficient (Wildman–Crippen LogP) is 3.53. The van der Waals surface area contributed by atoms with E-state index in [0.29, 0.717) is 6.54 Å². The molecule has 0 amide bonds. The summed E-state index contributed by atoms with van der Waals surface area (Å²) in [6, 6.07) is 0. The van der Waals surface area contributed by atoms with Crippen LogP contribution in [0, 0.1) is 0 Å². The number of hydrogen-bond donors (Lipinski definition) is 0. The molecule has 1 N–H and O–H groups in total. The Hall–Kier alpha value is 1.44. The van der Waals surface area contributed by atoms with E-state index in [2.05, 4.69) is 35.1 Å². The summed E-state index contributed by atoms with van der Waals surface area (Å²) in [5, 5.41) is 0. The molecule has 0 spiro atoms. The van der Waals surface area contributed by atoms with Crippen molar-refractivity contribution in [3.63, 3.8) is 0 Å². The van der Waals surface area contributed by atoms with Gasteiger partial charge in [0.1, 0.15) is 0 Å². The van der Waals surface area contributed by atoms with Crippen molar-refractivity contribution in [1.29, 1.82) is 0 Å². The Kier molecular flexibility index (Phi) is 24.0. The zero-order chi connectivity index (χ0) is 6.83. The molecule has 0 aromatic rings. The van der Waals surface area contributed by atoms with Crippen LogP contribution in [-0.4, -0.2) is 6.54 Å². The number of halogens is 2. The van der Waals surface area contributed by atoms with Crippen LogP contribution in [0.1, 0.15) is 19.8 Å². The first-order chi connectivity index (χ1) is 3.83. The molecule has 0 radical (unpaired) electrons. The van der Waals surface area contributed by atoms with Gasteiger partial charge in [-0.3, -0.25) is 0 Å². The van der Waals surface area contributed by atoms with E-state index in [0.717, 1.165) is 24.2 Å². The Morgan fingerprint density at radius 1 is 1.50 bits per heavy atom. The minimum atomic E-state index is 0.594. The molecule has 0 saturated carbocycles. The number of rotatable bonds is 2. The fourth-order valence-electron chi connectivity index (χ4n) is 0.177. The van der Waals surface area contributed by atoms with Gasteiger partial charge in [0, 0.05) is 0 Å². The molecular formula is C4H10Br2FeN. The molecular weight excluding hydrogens is 278 g/mol. The zero-order valence-corrected chi connectivity index (χ0v) is 9.01. The summed E-state index contributed by atoms with van der Waals surface area (Å²) in [7, 11) is 0. The van der Waals surface area contributed by atoms with Gasteiger partial charge in [0.05, 0.1) is 0 Å². The maximum absolute atomic E-state index is 6.60. The molecule has 0 aliphatic carbocycles. The van der Waals surface area contributed by atoms with Crippen LogP contribution in [0.3, 0.4) is 0 Å². The third-order valence-electron chi connectivity index (χ3n) is 0.530. The number of hydrogen-bond acceptors (Lipinski definition) is 0. The van der Waals surface area contributed by atoms with Crippen molar-refractivity contribution in [2.75, 3.05) is 6.54 Å². The van der Waals surface area contributed by atoms with Crippen LogP contribution in [-0.2, 0) is 11.3 Å². The van der Waals surface area contributed by atoms with Crippen LogP contribution in [0.2, 0.25) is 0 Å². The number of unbranched alkanes of at least 4 members (excludes halogenated alkanes) is 1. The molecule has 0 saturated heterocycles. The van der Waals surface area contributed by atoms with E-state index in [1.807, 2.05) is 0 Å². The Morgan fingerprint density at radius 3 is 1.88 bits per heavy atom. The van der Waals surface area contributed by atoms with Crippen molar-refractivity contribution in [3.05, 3.63) is 5.73 Å². The van der Waals surface area contributed by atoms with Crippen molar-refractivity contribution in [2.45, 2.75) is 19.8 Å². The second-order valence-electron chi connectivity index (χ2n) is 1.15. The van der Waals surface area contributed by atoms with Crippen LogP contribution in [0.5, 0.6) is 0 Å². The molecule has 0 aromatic heterocycles. The van der Waals surface area contributed by atoms with Gasteiger partial charge in [0.2, 0.25) is 0 Å². The van der Waals surface area contributed by atoms with E-state index in [9.17, 15) is 0 Å². The molecule has 0 rings (SSSR count). The fourth-order valence-corrected chi connectivity index (χ4v) is 0.177. The molecule has 8 heavy (non-hydrogen) atoms. The molecule has 0 heterocycles. The summed E-state index contributed by atoms with van der Waals surface area (Å²) in [5.41, 5.74) is 6.60. The van der Waals surface area contributed by atoms with Crippen molar-refractivity contribution in [1.82, 2.24) is 0 Å². The summed E-state index contributed by atoms with van der Waals surface area (Å²) in [5.74, 6) is 0. The average molecular weight is 288 g/mol. The van der Waals surface area contributed by atoms with E-state index in [1.165, 1.54) is 0 Å². The maximum atomic E-state index is 6.60. The molecule has 1 nitrogen and oxygen atoms in total. The van der Waals surface area contributed by atoms with Crippen LogP contribution in [0.25, 0.3) is 5.73 Å². The molecule has 0 atom stereocenters. The molecule has 0 aliphatic rings. The summed E-state index contributed by atoms with van der Waals surface area (Å²) in [6.45, 7) is 2.69. The van der Waals surface area contributed by atoms with Gasteiger partial charge in [-0.1, -0.05) is 19.8 Å². The molecule has 53 valence electrons. The minimum absolute atomic E-state index is 0.594. The Balaban J connectivity index is 0. The van der Waals surface area contributed by atoms with E-state index < -0.39 is 0 Å². The standard InChI is InChI=1S/C4H10N.2BrH.Fe/c1-2-3-4-5;;;/h5H,2-4H2,1H3;2*1H;/q-1;;;+3/p-2. The predicted molar refractivity (Wildman–Crippen MR) is 42.0 cm³/mol. The quantitative estimate of drug-likeness (QED) is 0.694. The van der Waals surface area contributed by atoms with Crippen LogP contribution in [0.15, 0.2) is 0 Å². The van der Waals surface area contributed by atoms with Gasteiger partial charge in [-0.15, -0.1) is 0 Å². The van der Waals surface area contributed by atoms with Crippen molar-refractivity contribution < 1.29 is 11.3 Å². The van der Waals surface area contributed by atoms with E-state index >= 15 is 0 Å². The molecule has 0 aliphatic heterocycles. The van der Waals surface area contributed by atoms with Gasteiger partial charge in [-0.2, -0.15) is 6.54 Å². The SMILES string of the molecule is CCCC[NH-].[Br][Fe+][Br]. The van der Waals surface area contributed by atoms with Crippen molar-refractivity contribution in [2.24, 2.45) is 0 Å². The van der Waals surface area contributed by atoms with Crippen LogP contribution in [0.4, 0.5) is 0 Å². The second-order valence-corrected chi connectivity index (χ2v) is 6.73. The molecule has 0 bridgehead atoms. The van der Waals surface area contributed by atoms with Gasteiger partial charge >= 0.3 is 39.6 Å². The van der Waals surface area contributed by atoms with Gasteiger partial charge in [-0.25, -0.2) is 0 Å². The van der Waals surface area contributed by atoms with Gasteiger partial charge in [-0.05, 0) is 0 Å². The average Bonchev–Trinajstić information content (AvgIpc) is 1.71. The summed E-state index contributed by atoms with van der Waals surface area (Å²) >= 11 is 7.00. The van der Waals surface area contributed by atoms with E-state index in [1.54, 1.807) is 0 Å². The third-order valence-corrected chi connectivity index (χ3v) is 0.530. The molecule has 0 unspecified atom stereocenters. The van der Waals surface area contributed by atoms with Gasteiger partial charge < -0.3 is 5.73 Å². The zero-order valence-electron chi connectivity index (χ0n) is 4.73. The molecule has 0 aromatic carbocycles. The normalized spacial score (nSPS) is 7.50. The number of nitrogens with one attached hydrogen (secondary N) is 1. The Morgan fingerprint density at radius 2 is 1.88 bits per heavy atom. The second kappa shape index (κ2) is 15.8. The first-order valence-electron chi connectivity index (χ1n) is 2.33. The first-order valence-corrected chi connectivity index (χ1v) is 7.79. The van der Waals surface area contributed by atoms with E-state index in [4.69, 9.17) is 5.73 Å². The Bertz CT molecular complexity index is 28.0. The molecule has 0 fully saturated rings. The van der Waals surface area contributed by atoms with E-state index in [-0.39, 0.29) is 0 Å². The fraction of sp³-hybridized carbons (Fsp3) is 1.00. The van der Waals surface area contributed by atoms with Crippen molar-refractivity contribution in [3.8, 4) is 0 Å². The van der Waals surface area contributed by atoms with Crippen LogP contribution >= 0.6 is 28.2 Å². The van der Waals surface area contributed by atoms with Gasteiger partial charge in [0.15, 0.2) is 0 Å². The monoisotopic (exact) mass is 286 g/mol. The van der Waals surface area contributed by atoms with Crippen LogP contribution < -0.4 is 0 Å². The summed E-state index contributed by atoms with van der Waals surface area (Å²) < 4.78 is 0. The Labute approximate surface area is 71.3 Å². The first kappa shape index (κ1) is 12.1. The van der Waals surface area contributed by atoms with Gasteiger partial charge in [0.25, 0.3) is 0 Å².